The number of cyclic esters (lactones) is 1. The van der Waals surface area contributed by atoms with Gasteiger partial charge in [0.2, 0.25) is 0 Å². The van der Waals surface area contributed by atoms with Gasteiger partial charge in [-0.05, 0) is 89.4 Å². The van der Waals surface area contributed by atoms with E-state index in [0.717, 1.165) is 48.0 Å². The van der Waals surface area contributed by atoms with Crippen molar-refractivity contribution in [1.29, 1.82) is 0 Å². The van der Waals surface area contributed by atoms with Crippen molar-refractivity contribution in [2.45, 2.75) is 118 Å². The molecule has 0 bridgehead atoms. The van der Waals surface area contributed by atoms with E-state index in [9.17, 15) is 15.0 Å². The van der Waals surface area contributed by atoms with Gasteiger partial charge in [0.15, 0.2) is 0 Å². The lowest BCUT2D eigenvalue weighted by Gasteiger charge is -2.40. The molecule has 4 aliphatic rings. The zero-order valence-corrected chi connectivity index (χ0v) is 28.8. The second-order valence-corrected chi connectivity index (χ2v) is 15.2. The standard InChI is InChI=1S/C40H54O5/c1-27(15-12-16-28(2)19-20-40-38(7,8)25-33(42)26-39(40,9)45-40)13-10-11-14-29(3)21-35-31(23-36(43)44-35)17-18-34-30(4)22-32(41)24-37(34,5)6/h10-16,19-23,32-34,41-42H,17-18,24-26H2,1-9H3/b11-10+,15-12+,20-19+,27-13+,28-16+,29-14+,35-21-/t32-,33-,34-,39+,40-/m0/s1. The van der Waals surface area contributed by atoms with Crippen LogP contribution in [-0.2, 0) is 14.3 Å². The lowest BCUT2D eigenvalue weighted by molar-refractivity contribution is -0.132. The number of esters is 1. The Morgan fingerprint density at radius 2 is 1.56 bits per heavy atom. The Kier molecular flexibility index (Phi) is 10.4. The Bertz CT molecular complexity index is 1440. The smallest absolute Gasteiger partial charge is 0.336 e. The van der Waals surface area contributed by atoms with E-state index in [1.807, 2.05) is 37.3 Å². The largest absolute Gasteiger partial charge is 0.423 e. The molecular weight excluding hydrogens is 560 g/mol. The molecule has 0 amide bonds. The van der Waals surface area contributed by atoms with Gasteiger partial charge in [0, 0.05) is 23.5 Å². The van der Waals surface area contributed by atoms with Gasteiger partial charge in [0.1, 0.15) is 17.0 Å². The number of hydrogen-bond acceptors (Lipinski definition) is 5. The molecule has 5 nitrogen and oxygen atoms in total. The highest BCUT2D eigenvalue weighted by Crippen LogP contribution is 2.66. The van der Waals surface area contributed by atoms with Gasteiger partial charge in [-0.1, -0.05) is 99.1 Å². The van der Waals surface area contributed by atoms with E-state index in [1.54, 1.807) is 6.08 Å². The molecule has 0 aromatic rings. The first kappa shape index (κ1) is 34.9. The number of carbonyl (C=O) groups excluding carboxylic acids is 1. The lowest BCUT2D eigenvalue weighted by Crippen LogP contribution is -2.46. The first-order valence-electron chi connectivity index (χ1n) is 16.4. The van der Waals surface area contributed by atoms with E-state index < -0.39 is 0 Å². The molecule has 0 radical (unpaired) electrons. The molecule has 0 aromatic heterocycles. The average molecular weight is 615 g/mol. The fraction of sp³-hybridized carbons (Fsp3) is 0.525. The van der Waals surface area contributed by atoms with Crippen LogP contribution in [0.2, 0.25) is 0 Å². The Morgan fingerprint density at radius 1 is 0.911 bits per heavy atom. The second kappa shape index (κ2) is 13.4. The highest BCUT2D eigenvalue weighted by Gasteiger charge is 2.74. The summed E-state index contributed by atoms with van der Waals surface area (Å²) in [6, 6.07) is 0. The van der Waals surface area contributed by atoms with Gasteiger partial charge in [-0.2, -0.15) is 0 Å². The molecule has 5 heteroatoms. The van der Waals surface area contributed by atoms with Crippen LogP contribution < -0.4 is 0 Å². The van der Waals surface area contributed by atoms with E-state index in [4.69, 9.17) is 9.47 Å². The number of carbonyl (C=O) groups is 1. The van der Waals surface area contributed by atoms with Crippen molar-refractivity contribution in [2.24, 2.45) is 16.7 Å². The molecule has 2 N–H and O–H groups in total. The molecule has 2 fully saturated rings. The Labute approximate surface area is 271 Å². The highest BCUT2D eigenvalue weighted by atomic mass is 16.6. The van der Waals surface area contributed by atoms with Crippen molar-refractivity contribution in [3.8, 4) is 0 Å². The van der Waals surface area contributed by atoms with Crippen molar-refractivity contribution in [3.63, 3.8) is 0 Å². The molecule has 1 saturated carbocycles. The first-order valence-corrected chi connectivity index (χ1v) is 16.4. The summed E-state index contributed by atoms with van der Waals surface area (Å²) in [6.45, 7) is 19.2. The summed E-state index contributed by atoms with van der Waals surface area (Å²) in [4.78, 5) is 12.1. The van der Waals surface area contributed by atoms with Gasteiger partial charge in [-0.3, -0.25) is 0 Å². The summed E-state index contributed by atoms with van der Waals surface area (Å²) in [5.74, 6) is 0.670. The molecule has 4 rings (SSSR count). The van der Waals surface area contributed by atoms with E-state index >= 15 is 0 Å². The van der Waals surface area contributed by atoms with E-state index in [-0.39, 0.29) is 40.2 Å². The Hall–Kier alpha value is -2.99. The fourth-order valence-corrected chi connectivity index (χ4v) is 7.89. The van der Waals surface area contributed by atoms with Crippen LogP contribution in [0.25, 0.3) is 0 Å². The molecule has 2 aliphatic carbocycles. The van der Waals surface area contributed by atoms with Gasteiger partial charge in [-0.25, -0.2) is 4.79 Å². The molecule has 2 heterocycles. The van der Waals surface area contributed by atoms with Gasteiger partial charge in [0.05, 0.1) is 12.2 Å². The van der Waals surface area contributed by atoms with Crippen LogP contribution in [0.5, 0.6) is 0 Å². The van der Waals surface area contributed by atoms with Crippen LogP contribution in [0, 0.1) is 16.7 Å². The normalized spacial score (nSPS) is 34.5. The molecular formula is C40H54O5. The minimum atomic E-state index is -0.382. The van der Waals surface area contributed by atoms with E-state index in [2.05, 4.69) is 91.8 Å². The van der Waals surface area contributed by atoms with Crippen molar-refractivity contribution >= 4 is 5.97 Å². The molecule has 45 heavy (non-hydrogen) atoms. The zero-order chi connectivity index (χ0) is 33.2. The van der Waals surface area contributed by atoms with Gasteiger partial charge >= 0.3 is 5.97 Å². The maximum Gasteiger partial charge on any atom is 0.336 e. The topological polar surface area (TPSA) is 79.3 Å². The summed E-state index contributed by atoms with van der Waals surface area (Å²) < 4.78 is 11.8. The zero-order valence-electron chi connectivity index (χ0n) is 28.8. The Morgan fingerprint density at radius 3 is 2.22 bits per heavy atom. The molecule has 244 valence electrons. The van der Waals surface area contributed by atoms with Crippen LogP contribution >= 0.6 is 0 Å². The SMILES string of the molecule is CC1=C[C@H](O)CC(C)(C)[C@H]1CCC1=CC(=O)O\C1=C/C(C)=C/C=C/C=C(C)/C=C/C=C(C)/C=C/[C@@]12O[C@]1(C)C[C@@H](O)CC2(C)C. The number of allylic oxidation sites excluding steroid dienone is 14. The monoisotopic (exact) mass is 614 g/mol. The van der Waals surface area contributed by atoms with Crippen LogP contribution in [0.1, 0.15) is 94.4 Å². The number of ether oxygens (including phenoxy) is 2. The number of epoxide rings is 1. The minimum absolute atomic E-state index is 0.00578. The maximum atomic E-state index is 12.1. The van der Waals surface area contributed by atoms with Crippen LogP contribution in [-0.4, -0.2) is 39.6 Å². The third-order valence-corrected chi connectivity index (χ3v) is 10.2. The van der Waals surface area contributed by atoms with E-state index in [0.29, 0.717) is 18.1 Å². The predicted molar refractivity (Wildman–Crippen MR) is 183 cm³/mol. The third kappa shape index (κ3) is 8.06. The van der Waals surface area contributed by atoms with Crippen molar-refractivity contribution < 1.29 is 24.5 Å². The average Bonchev–Trinajstić information content (AvgIpc) is 3.38. The maximum absolute atomic E-state index is 12.1. The van der Waals surface area contributed by atoms with E-state index in [1.165, 1.54) is 5.57 Å². The molecule has 0 aromatic carbocycles. The minimum Gasteiger partial charge on any atom is -0.423 e. The van der Waals surface area contributed by atoms with Crippen molar-refractivity contribution in [2.75, 3.05) is 0 Å². The molecule has 0 unspecified atom stereocenters. The number of fused-ring (bicyclic) bond motifs is 1. The fourth-order valence-electron chi connectivity index (χ4n) is 7.89. The number of hydrogen-bond donors (Lipinski definition) is 2. The third-order valence-electron chi connectivity index (χ3n) is 10.2. The Balaban J connectivity index is 1.31. The first-order chi connectivity index (χ1) is 21.0. The lowest BCUT2D eigenvalue weighted by atomic mass is 9.63. The summed E-state index contributed by atoms with van der Waals surface area (Å²) >= 11 is 0. The van der Waals surface area contributed by atoms with Crippen LogP contribution in [0.4, 0.5) is 0 Å². The quantitative estimate of drug-likeness (QED) is 0.111. The second-order valence-electron chi connectivity index (χ2n) is 15.2. The van der Waals surface area contributed by atoms with Crippen LogP contribution in [0.3, 0.4) is 0 Å². The van der Waals surface area contributed by atoms with Gasteiger partial charge in [-0.15, -0.1) is 0 Å². The van der Waals surface area contributed by atoms with Gasteiger partial charge < -0.3 is 19.7 Å². The predicted octanol–water partition coefficient (Wildman–Crippen LogP) is 8.70. The summed E-state index contributed by atoms with van der Waals surface area (Å²) in [6.07, 6.45) is 27.3. The summed E-state index contributed by atoms with van der Waals surface area (Å²) in [7, 11) is 0. The van der Waals surface area contributed by atoms with Crippen LogP contribution in [0.15, 0.2) is 107 Å². The summed E-state index contributed by atoms with van der Waals surface area (Å²) in [5, 5.41) is 20.4. The number of aliphatic hydroxyl groups is 2. The van der Waals surface area contributed by atoms with Gasteiger partial charge in [0.25, 0.3) is 0 Å². The molecule has 0 spiro atoms. The molecule has 2 aliphatic heterocycles. The molecule has 5 atom stereocenters. The molecule has 1 saturated heterocycles. The van der Waals surface area contributed by atoms with Crippen molar-refractivity contribution in [1.82, 2.24) is 0 Å². The summed E-state index contributed by atoms with van der Waals surface area (Å²) in [5.41, 5.74) is 4.71. The number of rotatable bonds is 10. The number of aliphatic hydroxyl groups excluding tert-OH is 2. The van der Waals surface area contributed by atoms with Crippen molar-refractivity contribution in [3.05, 3.63) is 107 Å². The highest BCUT2D eigenvalue weighted by molar-refractivity contribution is 5.88.